The van der Waals surface area contributed by atoms with Crippen LogP contribution in [0.5, 0.6) is 0 Å². The van der Waals surface area contributed by atoms with Gasteiger partial charge in [-0.25, -0.2) is 4.68 Å². The van der Waals surface area contributed by atoms with Crippen LogP contribution < -0.4 is 10.6 Å². The molecule has 2 unspecified atom stereocenters. The van der Waals surface area contributed by atoms with Crippen molar-refractivity contribution in [1.29, 1.82) is 0 Å². The topological polar surface area (TPSA) is 59.0 Å². The highest BCUT2D eigenvalue weighted by atomic mass is 35.5. The first kappa shape index (κ1) is 18.9. The Labute approximate surface area is 161 Å². The zero-order valence-corrected chi connectivity index (χ0v) is 16.2. The summed E-state index contributed by atoms with van der Waals surface area (Å²) in [4.78, 5) is 12.6. The predicted octanol–water partition coefficient (Wildman–Crippen LogP) is 3.77. The van der Waals surface area contributed by atoms with E-state index in [4.69, 9.17) is 0 Å². The fourth-order valence-corrected chi connectivity index (χ4v) is 4.44. The van der Waals surface area contributed by atoms with E-state index in [1.54, 1.807) is 0 Å². The zero-order chi connectivity index (χ0) is 17.4. The standard InChI is InChI=1S/C20H26N4O.ClH/c1-13-9-14(2)24(23-13)19-6-4-3-5-18(19)22-20(25)12-15-10-16-7-8-17(11-15)21-16;/h3-6,9,15-17,21H,7-8,10-12H2,1-2H3,(H,22,25);1H. The van der Waals surface area contributed by atoms with Gasteiger partial charge in [0.2, 0.25) is 5.91 Å². The molecule has 1 amide bonds. The highest BCUT2D eigenvalue weighted by Crippen LogP contribution is 2.33. The van der Waals surface area contributed by atoms with Crippen LogP contribution in [0.4, 0.5) is 5.69 Å². The summed E-state index contributed by atoms with van der Waals surface area (Å²) in [5.41, 5.74) is 3.79. The molecule has 0 radical (unpaired) electrons. The molecule has 4 rings (SSSR count). The monoisotopic (exact) mass is 374 g/mol. The molecule has 2 bridgehead atoms. The number of carbonyl (C=O) groups excluding carboxylic acids is 1. The molecule has 1 aromatic heterocycles. The van der Waals surface area contributed by atoms with E-state index in [2.05, 4.69) is 15.7 Å². The Morgan fingerprint density at radius 1 is 1.23 bits per heavy atom. The first-order valence-corrected chi connectivity index (χ1v) is 9.27. The minimum absolute atomic E-state index is 0. The molecular formula is C20H27ClN4O. The number of hydrogen-bond acceptors (Lipinski definition) is 3. The lowest BCUT2D eigenvalue weighted by atomic mass is 9.89. The third-order valence-electron chi connectivity index (χ3n) is 5.46. The Kier molecular flexibility index (Phi) is 5.68. The maximum Gasteiger partial charge on any atom is 0.224 e. The zero-order valence-electron chi connectivity index (χ0n) is 15.4. The molecule has 0 aliphatic carbocycles. The maximum absolute atomic E-state index is 12.6. The highest BCUT2D eigenvalue weighted by molar-refractivity contribution is 5.93. The number of piperidine rings is 1. The minimum Gasteiger partial charge on any atom is -0.324 e. The normalized spacial score (nSPS) is 24.2. The van der Waals surface area contributed by atoms with Crippen molar-refractivity contribution in [2.75, 3.05) is 5.32 Å². The van der Waals surface area contributed by atoms with Crippen molar-refractivity contribution in [3.05, 3.63) is 41.7 Å². The van der Waals surface area contributed by atoms with Crippen LogP contribution in [-0.4, -0.2) is 27.8 Å². The van der Waals surface area contributed by atoms with Gasteiger partial charge in [-0.05, 0) is 63.6 Å². The number of benzene rings is 1. The number of aromatic nitrogens is 2. The number of para-hydroxylation sites is 2. The maximum atomic E-state index is 12.6. The molecule has 140 valence electrons. The van der Waals surface area contributed by atoms with E-state index in [-0.39, 0.29) is 18.3 Å². The summed E-state index contributed by atoms with van der Waals surface area (Å²) in [5.74, 6) is 0.611. The van der Waals surface area contributed by atoms with Gasteiger partial charge in [-0.15, -0.1) is 12.4 Å². The molecule has 26 heavy (non-hydrogen) atoms. The number of aryl methyl sites for hydroxylation is 2. The van der Waals surface area contributed by atoms with Crippen LogP contribution in [0.25, 0.3) is 5.69 Å². The number of rotatable bonds is 4. The van der Waals surface area contributed by atoms with Gasteiger partial charge >= 0.3 is 0 Å². The summed E-state index contributed by atoms with van der Waals surface area (Å²) in [6, 6.07) is 11.2. The molecule has 2 saturated heterocycles. The van der Waals surface area contributed by atoms with E-state index in [1.165, 1.54) is 12.8 Å². The van der Waals surface area contributed by atoms with Crippen molar-refractivity contribution in [2.45, 2.75) is 58.0 Å². The fourth-order valence-electron chi connectivity index (χ4n) is 4.44. The van der Waals surface area contributed by atoms with E-state index in [0.29, 0.717) is 24.4 Å². The van der Waals surface area contributed by atoms with Gasteiger partial charge < -0.3 is 10.6 Å². The van der Waals surface area contributed by atoms with Gasteiger partial charge in [-0.2, -0.15) is 5.10 Å². The molecule has 2 atom stereocenters. The third-order valence-corrected chi connectivity index (χ3v) is 5.46. The molecule has 2 aliphatic rings. The molecule has 3 heterocycles. The number of anilines is 1. The van der Waals surface area contributed by atoms with Gasteiger partial charge in [0.1, 0.15) is 0 Å². The van der Waals surface area contributed by atoms with Crippen molar-refractivity contribution in [1.82, 2.24) is 15.1 Å². The van der Waals surface area contributed by atoms with Crippen LogP contribution in [0.2, 0.25) is 0 Å². The third kappa shape index (κ3) is 3.94. The average Bonchev–Trinajstić information content (AvgIpc) is 3.09. The van der Waals surface area contributed by atoms with E-state index in [0.717, 1.165) is 35.6 Å². The van der Waals surface area contributed by atoms with Crippen LogP contribution in [0.15, 0.2) is 30.3 Å². The largest absolute Gasteiger partial charge is 0.324 e. The van der Waals surface area contributed by atoms with Crippen LogP contribution in [-0.2, 0) is 4.79 Å². The van der Waals surface area contributed by atoms with Gasteiger partial charge in [-0.1, -0.05) is 12.1 Å². The van der Waals surface area contributed by atoms with Crippen LogP contribution in [0.3, 0.4) is 0 Å². The summed E-state index contributed by atoms with van der Waals surface area (Å²) in [7, 11) is 0. The Balaban J connectivity index is 0.00000196. The van der Waals surface area contributed by atoms with Gasteiger partial charge in [0.15, 0.2) is 0 Å². The molecule has 0 spiro atoms. The Bertz CT molecular complexity index is 776. The molecule has 1 aromatic carbocycles. The number of nitrogens with zero attached hydrogens (tertiary/aromatic N) is 2. The molecule has 5 nitrogen and oxygen atoms in total. The van der Waals surface area contributed by atoms with Crippen LogP contribution >= 0.6 is 12.4 Å². The van der Waals surface area contributed by atoms with E-state index in [1.807, 2.05) is 48.9 Å². The van der Waals surface area contributed by atoms with Crippen molar-refractivity contribution in [2.24, 2.45) is 5.92 Å². The summed E-state index contributed by atoms with van der Waals surface area (Å²) >= 11 is 0. The number of hydrogen-bond donors (Lipinski definition) is 2. The second-order valence-corrected chi connectivity index (χ2v) is 7.58. The number of fused-ring (bicyclic) bond motifs is 2. The molecule has 6 heteroatoms. The van der Waals surface area contributed by atoms with E-state index >= 15 is 0 Å². The smallest absolute Gasteiger partial charge is 0.224 e. The number of halogens is 1. The molecule has 2 N–H and O–H groups in total. The van der Waals surface area contributed by atoms with Crippen molar-refractivity contribution < 1.29 is 4.79 Å². The van der Waals surface area contributed by atoms with Gasteiger partial charge in [0.05, 0.1) is 17.1 Å². The highest BCUT2D eigenvalue weighted by Gasteiger charge is 2.34. The van der Waals surface area contributed by atoms with E-state index < -0.39 is 0 Å². The summed E-state index contributed by atoms with van der Waals surface area (Å²) in [6.45, 7) is 4.01. The lowest BCUT2D eigenvalue weighted by Crippen LogP contribution is -2.39. The molecule has 2 aromatic rings. The molecule has 2 fully saturated rings. The van der Waals surface area contributed by atoms with Gasteiger partial charge in [0.25, 0.3) is 0 Å². The lowest BCUT2D eigenvalue weighted by Gasteiger charge is -2.28. The fraction of sp³-hybridized carbons (Fsp3) is 0.500. The first-order valence-electron chi connectivity index (χ1n) is 9.27. The number of amides is 1. The van der Waals surface area contributed by atoms with Crippen molar-refractivity contribution >= 4 is 24.0 Å². The first-order chi connectivity index (χ1) is 12.1. The summed E-state index contributed by atoms with van der Waals surface area (Å²) < 4.78 is 1.90. The summed E-state index contributed by atoms with van der Waals surface area (Å²) in [6.07, 6.45) is 5.40. The average molecular weight is 375 g/mol. The van der Waals surface area contributed by atoms with Gasteiger partial charge in [0, 0.05) is 24.2 Å². The minimum atomic E-state index is 0. The van der Waals surface area contributed by atoms with Gasteiger partial charge in [-0.3, -0.25) is 4.79 Å². The molecular weight excluding hydrogens is 348 g/mol. The van der Waals surface area contributed by atoms with E-state index in [9.17, 15) is 4.79 Å². The summed E-state index contributed by atoms with van der Waals surface area (Å²) in [5, 5.41) is 11.3. The van der Waals surface area contributed by atoms with Crippen molar-refractivity contribution in [3.63, 3.8) is 0 Å². The quantitative estimate of drug-likeness (QED) is 0.856. The van der Waals surface area contributed by atoms with Crippen LogP contribution in [0.1, 0.15) is 43.5 Å². The predicted molar refractivity (Wildman–Crippen MR) is 106 cm³/mol. The Morgan fingerprint density at radius 3 is 2.58 bits per heavy atom. The number of carbonyl (C=O) groups is 1. The Morgan fingerprint density at radius 2 is 1.92 bits per heavy atom. The molecule has 2 aliphatic heterocycles. The number of nitrogens with one attached hydrogen (secondary N) is 2. The van der Waals surface area contributed by atoms with Crippen molar-refractivity contribution in [3.8, 4) is 5.69 Å². The SMILES string of the molecule is Cc1cc(C)n(-c2ccccc2NC(=O)CC2CC3CCC(C2)N3)n1.Cl. The lowest BCUT2D eigenvalue weighted by molar-refractivity contribution is -0.117. The Hall–Kier alpha value is -1.85. The second-order valence-electron chi connectivity index (χ2n) is 7.58. The molecule has 0 saturated carbocycles. The second kappa shape index (κ2) is 7.80. The van der Waals surface area contributed by atoms with Crippen LogP contribution in [0, 0.1) is 19.8 Å².